The van der Waals surface area contributed by atoms with Gasteiger partial charge in [-0.3, -0.25) is 4.79 Å². The van der Waals surface area contributed by atoms with Crippen LogP contribution < -0.4 is 10.1 Å². The van der Waals surface area contributed by atoms with Crippen molar-refractivity contribution in [3.63, 3.8) is 0 Å². The van der Waals surface area contributed by atoms with Gasteiger partial charge in [0.1, 0.15) is 11.4 Å². The number of nitrogens with one attached hydrogen (secondary N) is 1. The molecule has 3 aromatic rings. The summed E-state index contributed by atoms with van der Waals surface area (Å²) >= 11 is 0. The minimum absolute atomic E-state index is 0.0897. The molecule has 1 amide bonds. The monoisotopic (exact) mass is 405 g/mol. The van der Waals surface area contributed by atoms with Crippen LogP contribution in [0.2, 0.25) is 0 Å². The third-order valence-corrected chi connectivity index (χ3v) is 6.96. The summed E-state index contributed by atoms with van der Waals surface area (Å²) in [5.41, 5.74) is 3.11. The van der Waals surface area contributed by atoms with E-state index in [0.717, 1.165) is 28.8 Å². The van der Waals surface area contributed by atoms with E-state index in [1.165, 1.54) is 25.7 Å². The predicted molar refractivity (Wildman–Crippen MR) is 114 cm³/mol. The molecule has 0 spiro atoms. The SMILES string of the molecule is COc1cccc(-c2noc3nc(C)cc(C(=O)N[C@H](C)[C@@H]4C[C@H]5CC[C@H]4C5)c23)c1. The Morgan fingerprint density at radius 2 is 2.13 bits per heavy atom. The Labute approximate surface area is 176 Å². The molecular formula is C24H27N3O3. The standard InChI is InChI=1S/C24H27N3O3/c1-13-9-20(23(28)26-14(2)19-11-15-7-8-16(19)10-15)21-22(27-30-24(21)25-13)17-5-4-6-18(12-17)29-3/h4-6,9,12,14-16,19H,7-8,10-11H2,1-3H3,(H,26,28)/t14-,15+,16+,19+/m1/s1. The Hall–Kier alpha value is -2.89. The maximum absolute atomic E-state index is 13.4. The second kappa shape index (κ2) is 7.42. The summed E-state index contributed by atoms with van der Waals surface area (Å²) in [7, 11) is 1.63. The van der Waals surface area contributed by atoms with Crippen molar-refractivity contribution in [2.24, 2.45) is 17.8 Å². The maximum atomic E-state index is 13.4. The highest BCUT2D eigenvalue weighted by Crippen LogP contribution is 2.49. The third-order valence-electron chi connectivity index (χ3n) is 6.96. The number of rotatable bonds is 5. The number of aryl methyl sites for hydroxylation is 1. The first-order valence-electron chi connectivity index (χ1n) is 10.8. The Balaban J connectivity index is 1.50. The molecule has 2 aliphatic carbocycles. The van der Waals surface area contributed by atoms with Gasteiger partial charge < -0.3 is 14.6 Å². The number of aromatic nitrogens is 2. The van der Waals surface area contributed by atoms with Crippen molar-refractivity contribution in [3.05, 3.63) is 41.6 Å². The first-order chi connectivity index (χ1) is 14.5. The fourth-order valence-corrected chi connectivity index (χ4v) is 5.52. The summed E-state index contributed by atoms with van der Waals surface area (Å²) in [6.07, 6.45) is 5.23. The molecule has 0 unspecified atom stereocenters. The number of pyridine rings is 1. The molecule has 6 heteroatoms. The Morgan fingerprint density at radius 1 is 1.27 bits per heavy atom. The second-order valence-corrected chi connectivity index (χ2v) is 8.86. The van der Waals surface area contributed by atoms with Crippen molar-refractivity contribution in [2.45, 2.75) is 45.6 Å². The number of fused-ring (bicyclic) bond motifs is 3. The molecule has 2 saturated carbocycles. The molecule has 2 heterocycles. The molecule has 0 saturated heterocycles. The van der Waals surface area contributed by atoms with E-state index in [2.05, 4.69) is 22.4 Å². The molecule has 4 atom stereocenters. The molecule has 1 N–H and O–H groups in total. The molecule has 2 fully saturated rings. The minimum Gasteiger partial charge on any atom is -0.497 e. The zero-order valence-corrected chi connectivity index (χ0v) is 17.6. The average Bonchev–Trinajstić information content (AvgIpc) is 3.48. The Morgan fingerprint density at radius 3 is 2.87 bits per heavy atom. The fourth-order valence-electron chi connectivity index (χ4n) is 5.52. The molecule has 156 valence electrons. The Bertz CT molecular complexity index is 1110. The van der Waals surface area contributed by atoms with Gasteiger partial charge >= 0.3 is 0 Å². The van der Waals surface area contributed by atoms with Crippen LogP contribution >= 0.6 is 0 Å². The van der Waals surface area contributed by atoms with E-state index in [0.29, 0.717) is 28.3 Å². The lowest BCUT2D eigenvalue weighted by atomic mass is 9.84. The van der Waals surface area contributed by atoms with Gasteiger partial charge in [-0.1, -0.05) is 23.7 Å². The summed E-state index contributed by atoms with van der Waals surface area (Å²) in [6.45, 7) is 4.01. The average molecular weight is 405 g/mol. The van der Waals surface area contributed by atoms with Crippen LogP contribution in [0.5, 0.6) is 5.75 Å². The number of carbonyl (C=O) groups excluding carboxylic acids is 1. The van der Waals surface area contributed by atoms with Crippen LogP contribution in [0.4, 0.5) is 0 Å². The molecule has 6 nitrogen and oxygen atoms in total. The smallest absolute Gasteiger partial charge is 0.259 e. The van der Waals surface area contributed by atoms with Crippen LogP contribution in [0.3, 0.4) is 0 Å². The van der Waals surface area contributed by atoms with Gasteiger partial charge in [0, 0.05) is 17.3 Å². The van der Waals surface area contributed by atoms with E-state index in [1.807, 2.05) is 37.3 Å². The molecule has 2 aliphatic rings. The zero-order chi connectivity index (χ0) is 20.8. The first kappa shape index (κ1) is 19.1. The summed E-state index contributed by atoms with van der Waals surface area (Å²) in [4.78, 5) is 17.8. The van der Waals surface area contributed by atoms with Crippen LogP contribution in [0, 0.1) is 24.7 Å². The lowest BCUT2D eigenvalue weighted by molar-refractivity contribution is 0.0917. The summed E-state index contributed by atoms with van der Waals surface area (Å²) in [5.74, 6) is 2.82. The number of nitrogens with zero attached hydrogens (tertiary/aromatic N) is 2. The summed E-state index contributed by atoms with van der Waals surface area (Å²) in [6, 6.07) is 9.56. The van der Waals surface area contributed by atoms with Gasteiger partial charge in [0.15, 0.2) is 0 Å². The summed E-state index contributed by atoms with van der Waals surface area (Å²) < 4.78 is 10.9. The highest BCUT2D eigenvalue weighted by molar-refractivity contribution is 6.09. The van der Waals surface area contributed by atoms with Gasteiger partial charge in [-0.2, -0.15) is 0 Å². The van der Waals surface area contributed by atoms with Crippen molar-refractivity contribution in [3.8, 4) is 17.0 Å². The van der Waals surface area contributed by atoms with Gasteiger partial charge in [-0.25, -0.2) is 4.98 Å². The lowest BCUT2D eigenvalue weighted by Gasteiger charge is -2.28. The van der Waals surface area contributed by atoms with Crippen LogP contribution in [0.1, 0.15) is 48.7 Å². The van der Waals surface area contributed by atoms with E-state index in [-0.39, 0.29) is 11.9 Å². The number of benzene rings is 1. The fraction of sp³-hybridized carbons (Fsp3) is 0.458. The quantitative estimate of drug-likeness (QED) is 0.662. The van der Waals surface area contributed by atoms with Crippen molar-refractivity contribution in [2.75, 3.05) is 7.11 Å². The van der Waals surface area contributed by atoms with Gasteiger partial charge in [-0.15, -0.1) is 0 Å². The highest BCUT2D eigenvalue weighted by Gasteiger charge is 2.42. The normalized spacial score (nSPS) is 23.6. The largest absolute Gasteiger partial charge is 0.497 e. The number of hydrogen-bond acceptors (Lipinski definition) is 5. The molecule has 30 heavy (non-hydrogen) atoms. The van der Waals surface area contributed by atoms with Crippen LogP contribution in [0.25, 0.3) is 22.4 Å². The van der Waals surface area contributed by atoms with Crippen molar-refractivity contribution in [1.82, 2.24) is 15.5 Å². The second-order valence-electron chi connectivity index (χ2n) is 8.86. The lowest BCUT2D eigenvalue weighted by Crippen LogP contribution is -2.40. The predicted octanol–water partition coefficient (Wildman–Crippen LogP) is 4.76. The van der Waals surface area contributed by atoms with Crippen molar-refractivity contribution in [1.29, 1.82) is 0 Å². The molecular weight excluding hydrogens is 378 g/mol. The molecule has 1 aromatic carbocycles. The molecule has 2 bridgehead atoms. The van der Waals surface area contributed by atoms with Gasteiger partial charge in [0.05, 0.1) is 18.1 Å². The topological polar surface area (TPSA) is 77.2 Å². The summed E-state index contributed by atoms with van der Waals surface area (Å²) in [5, 5.41) is 8.16. The molecule has 2 aromatic heterocycles. The molecule has 0 aliphatic heterocycles. The maximum Gasteiger partial charge on any atom is 0.259 e. The number of amides is 1. The minimum atomic E-state index is -0.0897. The highest BCUT2D eigenvalue weighted by atomic mass is 16.5. The van der Waals surface area contributed by atoms with Crippen LogP contribution in [-0.2, 0) is 0 Å². The van der Waals surface area contributed by atoms with Crippen LogP contribution in [0.15, 0.2) is 34.9 Å². The molecule has 0 radical (unpaired) electrons. The van der Waals surface area contributed by atoms with Crippen molar-refractivity contribution >= 4 is 17.0 Å². The zero-order valence-electron chi connectivity index (χ0n) is 17.6. The first-order valence-corrected chi connectivity index (χ1v) is 10.8. The Kier molecular flexibility index (Phi) is 4.72. The van der Waals surface area contributed by atoms with E-state index >= 15 is 0 Å². The number of methoxy groups -OCH3 is 1. The number of carbonyl (C=O) groups is 1. The van der Waals surface area contributed by atoms with Gasteiger partial charge in [-0.05, 0) is 69.1 Å². The third kappa shape index (κ3) is 3.24. The number of ether oxygens (including phenoxy) is 1. The van der Waals surface area contributed by atoms with E-state index in [1.54, 1.807) is 7.11 Å². The van der Waals surface area contributed by atoms with Crippen molar-refractivity contribution < 1.29 is 14.1 Å². The molecule has 5 rings (SSSR count). The van der Waals surface area contributed by atoms with Crippen LogP contribution in [-0.4, -0.2) is 29.2 Å². The van der Waals surface area contributed by atoms with E-state index < -0.39 is 0 Å². The van der Waals surface area contributed by atoms with E-state index in [4.69, 9.17) is 9.26 Å². The van der Waals surface area contributed by atoms with Gasteiger partial charge in [0.2, 0.25) is 0 Å². The number of hydrogen-bond donors (Lipinski definition) is 1. The van der Waals surface area contributed by atoms with E-state index in [9.17, 15) is 4.79 Å². The van der Waals surface area contributed by atoms with Gasteiger partial charge in [0.25, 0.3) is 11.6 Å².